The molecule has 8 heteroatoms. The molecule has 2 rings (SSSR count). The fourth-order valence-corrected chi connectivity index (χ4v) is 3.05. The molecule has 0 aliphatic rings. The topological polar surface area (TPSA) is 108 Å². The Hall–Kier alpha value is -3.39. The summed E-state index contributed by atoms with van der Waals surface area (Å²) in [5, 5.41) is 13.2. The summed E-state index contributed by atoms with van der Waals surface area (Å²) >= 11 is 0. The Morgan fingerprint density at radius 3 is 2.23 bits per heavy atom. The lowest BCUT2D eigenvalue weighted by Gasteiger charge is -2.28. The lowest BCUT2D eigenvalue weighted by Crippen LogP contribution is -2.53. The zero-order chi connectivity index (χ0) is 22.6. The number of aryl methyl sites for hydroxylation is 1. The number of carbonyl (C=O) groups excluding carboxylic acids is 2. The van der Waals surface area contributed by atoms with Gasteiger partial charge in [-0.3, -0.25) is 25.1 Å². The number of anilines is 1. The average molecular weight is 428 g/mol. The maximum atomic E-state index is 13.0. The van der Waals surface area contributed by atoms with E-state index in [4.69, 9.17) is 4.74 Å². The molecular formula is C23H29N3O5. The van der Waals surface area contributed by atoms with E-state index in [1.807, 2.05) is 36.4 Å². The maximum Gasteiger partial charge on any atom is 0.325 e. The second-order valence-corrected chi connectivity index (χ2v) is 7.01. The number of hydrogen-bond donors (Lipinski definition) is 3. The molecule has 0 saturated carbocycles. The monoisotopic (exact) mass is 427 g/mol. The molecule has 3 N–H and O–H groups in total. The van der Waals surface area contributed by atoms with Gasteiger partial charge in [-0.15, -0.1) is 0 Å². The highest BCUT2D eigenvalue weighted by atomic mass is 16.5. The summed E-state index contributed by atoms with van der Waals surface area (Å²) in [5.74, 6) is -2.10. The number of carboxylic acids is 1. The maximum absolute atomic E-state index is 13.0. The molecule has 1 amide bonds. The van der Waals surface area contributed by atoms with Gasteiger partial charge in [0.1, 0.15) is 12.6 Å². The van der Waals surface area contributed by atoms with Crippen molar-refractivity contribution >= 4 is 23.5 Å². The Morgan fingerprint density at radius 2 is 1.65 bits per heavy atom. The number of carboxylic acid groups (broad SMARTS) is 1. The van der Waals surface area contributed by atoms with Crippen LogP contribution in [0.25, 0.3) is 0 Å². The van der Waals surface area contributed by atoms with E-state index in [9.17, 15) is 19.5 Å². The summed E-state index contributed by atoms with van der Waals surface area (Å²) in [4.78, 5) is 36.7. The van der Waals surface area contributed by atoms with Gasteiger partial charge in [0.25, 0.3) is 5.91 Å². The number of benzene rings is 2. The van der Waals surface area contributed by atoms with Crippen molar-refractivity contribution in [3.05, 3.63) is 66.2 Å². The lowest BCUT2D eigenvalue weighted by atomic mass is 10.0. The van der Waals surface area contributed by atoms with Crippen molar-refractivity contribution < 1.29 is 24.2 Å². The van der Waals surface area contributed by atoms with Gasteiger partial charge in [-0.25, -0.2) is 5.01 Å². The smallest absolute Gasteiger partial charge is 0.325 e. The molecule has 31 heavy (non-hydrogen) atoms. The highest BCUT2D eigenvalue weighted by molar-refractivity contribution is 5.87. The minimum atomic E-state index is -1.16. The number of carbonyl (C=O) groups is 3. The van der Waals surface area contributed by atoms with Crippen LogP contribution in [0.2, 0.25) is 0 Å². The minimum Gasteiger partial charge on any atom is -0.480 e. The van der Waals surface area contributed by atoms with Crippen molar-refractivity contribution in [1.29, 1.82) is 0 Å². The number of nitrogens with zero attached hydrogens (tertiary/aromatic N) is 1. The quantitative estimate of drug-likeness (QED) is 0.353. The molecule has 0 fully saturated rings. The normalized spacial score (nSPS) is 12.5. The van der Waals surface area contributed by atoms with Crippen LogP contribution in [0, 0.1) is 0 Å². The van der Waals surface area contributed by atoms with Crippen molar-refractivity contribution in [3.63, 3.8) is 0 Å². The standard InChI is InChI=1S/C23H29N3O5/c1-3-31-23(30)20(15-14-18-10-6-4-7-11-18)24-17(2)22(29)26(16-21(27)28)25-19-12-8-5-9-13-19/h4-13,17,20,24-25H,3,14-16H2,1-2H3,(H,27,28)/t17-,20?/m0/s1. The van der Waals surface area contributed by atoms with Crippen LogP contribution >= 0.6 is 0 Å². The van der Waals surface area contributed by atoms with E-state index in [0.29, 0.717) is 18.5 Å². The Bertz CT molecular complexity index is 845. The first-order valence-corrected chi connectivity index (χ1v) is 10.2. The summed E-state index contributed by atoms with van der Waals surface area (Å²) in [6.45, 7) is 3.01. The molecule has 0 spiro atoms. The van der Waals surface area contributed by atoms with E-state index >= 15 is 0 Å². The van der Waals surface area contributed by atoms with E-state index in [1.54, 1.807) is 38.1 Å². The Labute approximate surface area is 182 Å². The molecule has 0 aliphatic carbocycles. The van der Waals surface area contributed by atoms with Crippen LogP contribution in [0.3, 0.4) is 0 Å². The minimum absolute atomic E-state index is 0.228. The van der Waals surface area contributed by atoms with Gasteiger partial charge in [0.15, 0.2) is 0 Å². The van der Waals surface area contributed by atoms with E-state index < -0.39 is 36.5 Å². The first kappa shape index (κ1) is 23.9. The van der Waals surface area contributed by atoms with Crippen LogP contribution in [0.15, 0.2) is 60.7 Å². The SMILES string of the molecule is CCOC(=O)C(CCc1ccccc1)N[C@@H](C)C(=O)N(CC(=O)O)Nc1ccccc1. The van der Waals surface area contributed by atoms with E-state index in [0.717, 1.165) is 10.6 Å². The van der Waals surface area contributed by atoms with E-state index in [2.05, 4.69) is 10.7 Å². The lowest BCUT2D eigenvalue weighted by molar-refractivity contribution is -0.147. The van der Waals surface area contributed by atoms with Gasteiger partial charge in [-0.1, -0.05) is 48.5 Å². The van der Waals surface area contributed by atoms with Crippen molar-refractivity contribution in [3.8, 4) is 0 Å². The fraction of sp³-hybridized carbons (Fsp3) is 0.348. The third-order valence-corrected chi connectivity index (χ3v) is 4.55. The van der Waals surface area contributed by atoms with Crippen LogP contribution in [0.5, 0.6) is 0 Å². The van der Waals surface area contributed by atoms with Gasteiger partial charge < -0.3 is 9.84 Å². The molecule has 0 heterocycles. The van der Waals surface area contributed by atoms with Gasteiger partial charge in [0.2, 0.25) is 0 Å². The molecular weight excluding hydrogens is 398 g/mol. The number of aliphatic carboxylic acids is 1. The number of amides is 1. The van der Waals surface area contributed by atoms with Gasteiger partial charge in [-0.05, 0) is 44.4 Å². The number of ether oxygens (including phenoxy) is 1. The average Bonchev–Trinajstić information content (AvgIpc) is 2.76. The zero-order valence-electron chi connectivity index (χ0n) is 17.8. The third kappa shape index (κ3) is 8.10. The zero-order valence-corrected chi connectivity index (χ0v) is 17.8. The summed E-state index contributed by atoms with van der Waals surface area (Å²) < 4.78 is 5.16. The second kappa shape index (κ2) is 12.3. The highest BCUT2D eigenvalue weighted by Crippen LogP contribution is 2.10. The molecule has 0 saturated heterocycles. The van der Waals surface area contributed by atoms with Crippen LogP contribution < -0.4 is 10.7 Å². The van der Waals surface area contributed by atoms with Gasteiger partial charge in [-0.2, -0.15) is 0 Å². The van der Waals surface area contributed by atoms with Gasteiger partial charge in [0, 0.05) is 0 Å². The van der Waals surface area contributed by atoms with Crippen molar-refractivity contribution in [2.75, 3.05) is 18.6 Å². The van der Waals surface area contributed by atoms with E-state index in [1.165, 1.54) is 0 Å². The Kier molecular flexibility index (Phi) is 9.51. The van der Waals surface area contributed by atoms with Crippen LogP contribution in [0.1, 0.15) is 25.8 Å². The van der Waals surface area contributed by atoms with Crippen molar-refractivity contribution in [2.45, 2.75) is 38.8 Å². The number of para-hydroxylation sites is 1. The molecule has 0 radical (unpaired) electrons. The fourth-order valence-electron chi connectivity index (χ4n) is 3.05. The molecule has 8 nitrogen and oxygen atoms in total. The molecule has 1 unspecified atom stereocenters. The van der Waals surface area contributed by atoms with Gasteiger partial charge >= 0.3 is 11.9 Å². The molecule has 0 aromatic heterocycles. The highest BCUT2D eigenvalue weighted by Gasteiger charge is 2.28. The van der Waals surface area contributed by atoms with E-state index in [-0.39, 0.29) is 6.61 Å². The Balaban J connectivity index is 2.08. The first-order valence-electron chi connectivity index (χ1n) is 10.2. The predicted octanol–water partition coefficient (Wildman–Crippen LogP) is 2.47. The molecule has 2 aromatic carbocycles. The molecule has 2 atom stereocenters. The second-order valence-electron chi connectivity index (χ2n) is 7.01. The molecule has 2 aromatic rings. The summed E-state index contributed by atoms with van der Waals surface area (Å²) in [6.07, 6.45) is 1.06. The number of hydrogen-bond acceptors (Lipinski definition) is 6. The first-order chi connectivity index (χ1) is 14.9. The summed E-state index contributed by atoms with van der Waals surface area (Å²) in [6, 6.07) is 17.0. The van der Waals surface area contributed by atoms with Crippen LogP contribution in [-0.2, 0) is 25.5 Å². The predicted molar refractivity (Wildman–Crippen MR) is 117 cm³/mol. The number of nitrogens with one attached hydrogen (secondary N) is 2. The number of hydrazine groups is 1. The van der Waals surface area contributed by atoms with Crippen molar-refractivity contribution in [1.82, 2.24) is 10.3 Å². The summed E-state index contributed by atoms with van der Waals surface area (Å²) in [5.41, 5.74) is 4.47. The molecule has 0 bridgehead atoms. The molecule has 0 aliphatic heterocycles. The third-order valence-electron chi connectivity index (χ3n) is 4.55. The number of esters is 1. The molecule has 166 valence electrons. The Morgan fingerprint density at radius 1 is 1.03 bits per heavy atom. The summed E-state index contributed by atoms with van der Waals surface area (Å²) in [7, 11) is 0. The van der Waals surface area contributed by atoms with Crippen LogP contribution in [-0.4, -0.2) is 53.2 Å². The largest absolute Gasteiger partial charge is 0.480 e. The van der Waals surface area contributed by atoms with Crippen LogP contribution in [0.4, 0.5) is 5.69 Å². The number of rotatable bonds is 12. The van der Waals surface area contributed by atoms with Crippen molar-refractivity contribution in [2.24, 2.45) is 0 Å². The van der Waals surface area contributed by atoms with Gasteiger partial charge in [0.05, 0.1) is 18.3 Å².